The topological polar surface area (TPSA) is 38.5 Å². The first-order chi connectivity index (χ1) is 8.73. The van der Waals surface area contributed by atoms with Crippen LogP contribution in [0.15, 0.2) is 0 Å². The van der Waals surface area contributed by atoms with Crippen LogP contribution in [-0.2, 0) is 4.74 Å². The Labute approximate surface area is 116 Å². The molecule has 0 radical (unpaired) electrons. The lowest BCUT2D eigenvalue weighted by Gasteiger charge is -2.51. The van der Waals surface area contributed by atoms with Gasteiger partial charge in [0.15, 0.2) is 0 Å². The summed E-state index contributed by atoms with van der Waals surface area (Å²) in [4.78, 5) is 2.67. The van der Waals surface area contributed by atoms with Gasteiger partial charge in [0.25, 0.3) is 0 Å². The standard InChI is InChI=1S/C14H28N2OS/c1-3-17-13-5-8-16(9-6-13)14(11-15)7-4-10-18-12(14)2/h12-13H,3-11,15H2,1-2H3. The first-order valence-electron chi connectivity index (χ1n) is 7.41. The summed E-state index contributed by atoms with van der Waals surface area (Å²) in [6.45, 7) is 8.43. The second-order valence-electron chi connectivity index (χ2n) is 5.57. The highest BCUT2D eigenvalue weighted by Crippen LogP contribution is 2.39. The molecule has 18 heavy (non-hydrogen) atoms. The van der Waals surface area contributed by atoms with E-state index in [2.05, 4.69) is 30.5 Å². The Hall–Kier alpha value is 0.230. The van der Waals surface area contributed by atoms with E-state index in [0.717, 1.165) is 26.2 Å². The van der Waals surface area contributed by atoms with Gasteiger partial charge in [0.05, 0.1) is 6.10 Å². The molecule has 3 nitrogen and oxygen atoms in total. The minimum absolute atomic E-state index is 0.250. The third kappa shape index (κ3) is 2.87. The van der Waals surface area contributed by atoms with Crippen LogP contribution >= 0.6 is 11.8 Å². The summed E-state index contributed by atoms with van der Waals surface area (Å²) in [5.74, 6) is 1.30. The summed E-state index contributed by atoms with van der Waals surface area (Å²) < 4.78 is 5.75. The number of ether oxygens (including phenoxy) is 1. The second-order valence-corrected chi connectivity index (χ2v) is 7.01. The van der Waals surface area contributed by atoms with Crippen molar-refractivity contribution in [2.24, 2.45) is 5.73 Å². The number of nitrogens with zero attached hydrogens (tertiary/aromatic N) is 1. The molecule has 0 spiro atoms. The average Bonchev–Trinajstić information content (AvgIpc) is 2.41. The molecule has 2 saturated heterocycles. The Morgan fingerprint density at radius 1 is 1.39 bits per heavy atom. The quantitative estimate of drug-likeness (QED) is 0.850. The first kappa shape index (κ1) is 14.6. The van der Waals surface area contributed by atoms with Gasteiger partial charge in [-0.25, -0.2) is 0 Å². The number of hydrogen-bond acceptors (Lipinski definition) is 4. The smallest absolute Gasteiger partial charge is 0.0599 e. The number of hydrogen-bond donors (Lipinski definition) is 1. The van der Waals surface area contributed by atoms with Crippen molar-refractivity contribution in [3.63, 3.8) is 0 Å². The number of thioether (sulfide) groups is 1. The van der Waals surface area contributed by atoms with E-state index in [9.17, 15) is 0 Å². The molecule has 2 aliphatic rings. The Balaban J connectivity index is 1.97. The van der Waals surface area contributed by atoms with Gasteiger partial charge in [-0.1, -0.05) is 6.92 Å². The van der Waals surface area contributed by atoms with Crippen LogP contribution in [0, 0.1) is 0 Å². The van der Waals surface area contributed by atoms with Crippen molar-refractivity contribution in [3.8, 4) is 0 Å². The molecular formula is C14H28N2OS. The zero-order valence-corrected chi connectivity index (χ0v) is 12.7. The minimum atomic E-state index is 0.250. The molecule has 0 saturated carbocycles. The fourth-order valence-electron chi connectivity index (χ4n) is 3.51. The molecule has 0 aromatic carbocycles. The van der Waals surface area contributed by atoms with Crippen molar-refractivity contribution < 1.29 is 4.74 Å². The normalized spacial score (nSPS) is 35.8. The van der Waals surface area contributed by atoms with Gasteiger partial charge < -0.3 is 10.5 Å². The molecule has 106 valence electrons. The highest BCUT2D eigenvalue weighted by atomic mass is 32.2. The average molecular weight is 272 g/mol. The monoisotopic (exact) mass is 272 g/mol. The maximum absolute atomic E-state index is 6.17. The zero-order valence-electron chi connectivity index (χ0n) is 11.9. The first-order valence-corrected chi connectivity index (χ1v) is 8.46. The van der Waals surface area contributed by atoms with Crippen molar-refractivity contribution >= 4 is 11.8 Å². The van der Waals surface area contributed by atoms with Crippen molar-refractivity contribution in [3.05, 3.63) is 0 Å². The SMILES string of the molecule is CCOC1CCN(C2(CN)CCCSC2C)CC1. The molecule has 2 rings (SSSR count). The van der Waals surface area contributed by atoms with E-state index in [-0.39, 0.29) is 5.54 Å². The predicted octanol–water partition coefficient (Wildman–Crippen LogP) is 2.10. The van der Waals surface area contributed by atoms with E-state index in [1.54, 1.807) is 0 Å². The summed E-state index contributed by atoms with van der Waals surface area (Å²) in [5.41, 5.74) is 6.42. The van der Waals surface area contributed by atoms with E-state index in [4.69, 9.17) is 10.5 Å². The van der Waals surface area contributed by atoms with Crippen LogP contribution in [-0.4, -0.2) is 53.8 Å². The van der Waals surface area contributed by atoms with Gasteiger partial charge >= 0.3 is 0 Å². The summed E-state index contributed by atoms with van der Waals surface area (Å²) in [6, 6.07) is 0. The maximum atomic E-state index is 6.17. The van der Waals surface area contributed by atoms with Crippen molar-refractivity contribution in [1.82, 2.24) is 4.90 Å². The van der Waals surface area contributed by atoms with Gasteiger partial charge in [-0.2, -0.15) is 11.8 Å². The van der Waals surface area contributed by atoms with E-state index in [0.29, 0.717) is 11.4 Å². The van der Waals surface area contributed by atoms with Crippen LogP contribution in [0.3, 0.4) is 0 Å². The van der Waals surface area contributed by atoms with E-state index in [1.165, 1.54) is 31.4 Å². The number of rotatable bonds is 4. The molecule has 0 amide bonds. The van der Waals surface area contributed by atoms with Gasteiger partial charge in [-0.15, -0.1) is 0 Å². The zero-order chi connectivity index (χ0) is 13.0. The highest BCUT2D eigenvalue weighted by molar-refractivity contribution is 8.00. The fraction of sp³-hybridized carbons (Fsp3) is 1.00. The van der Waals surface area contributed by atoms with Crippen molar-refractivity contribution in [2.45, 2.75) is 56.4 Å². The molecule has 0 aliphatic carbocycles. The van der Waals surface area contributed by atoms with Gasteiger partial charge in [0.2, 0.25) is 0 Å². The lowest BCUT2D eigenvalue weighted by molar-refractivity contribution is -0.0212. The van der Waals surface area contributed by atoms with Crippen LogP contribution < -0.4 is 5.73 Å². The second kappa shape index (κ2) is 6.60. The summed E-state index contributed by atoms with van der Waals surface area (Å²) in [6.07, 6.45) is 5.42. The largest absolute Gasteiger partial charge is 0.378 e. The van der Waals surface area contributed by atoms with Crippen molar-refractivity contribution in [1.29, 1.82) is 0 Å². The molecule has 0 aromatic heterocycles. The highest BCUT2D eigenvalue weighted by Gasteiger charge is 2.43. The van der Waals surface area contributed by atoms with Crippen LogP contribution in [0.25, 0.3) is 0 Å². The Morgan fingerprint density at radius 2 is 2.11 bits per heavy atom. The van der Waals surface area contributed by atoms with E-state index in [1.807, 2.05) is 0 Å². The molecule has 0 bridgehead atoms. The Kier molecular flexibility index (Phi) is 5.36. The molecule has 4 heteroatoms. The molecule has 2 atom stereocenters. The van der Waals surface area contributed by atoms with E-state index < -0.39 is 0 Å². The number of piperidine rings is 1. The lowest BCUT2D eigenvalue weighted by Crippen LogP contribution is -2.62. The van der Waals surface area contributed by atoms with Crippen LogP contribution in [0.2, 0.25) is 0 Å². The predicted molar refractivity (Wildman–Crippen MR) is 79.2 cm³/mol. The van der Waals surface area contributed by atoms with Gasteiger partial charge in [-0.3, -0.25) is 4.90 Å². The Morgan fingerprint density at radius 3 is 2.67 bits per heavy atom. The van der Waals surface area contributed by atoms with Crippen LogP contribution in [0.5, 0.6) is 0 Å². The lowest BCUT2D eigenvalue weighted by atomic mass is 9.85. The molecule has 0 aromatic rings. The number of likely N-dealkylation sites (tertiary alicyclic amines) is 1. The van der Waals surface area contributed by atoms with Gasteiger partial charge in [0.1, 0.15) is 0 Å². The minimum Gasteiger partial charge on any atom is -0.378 e. The number of nitrogens with two attached hydrogens (primary N) is 1. The van der Waals surface area contributed by atoms with Gasteiger partial charge in [0, 0.05) is 37.0 Å². The van der Waals surface area contributed by atoms with Gasteiger partial charge in [-0.05, 0) is 38.4 Å². The fourth-order valence-corrected chi connectivity index (χ4v) is 4.85. The summed E-state index contributed by atoms with van der Waals surface area (Å²) in [5, 5.41) is 0.667. The van der Waals surface area contributed by atoms with Crippen molar-refractivity contribution in [2.75, 3.05) is 32.0 Å². The third-order valence-electron chi connectivity index (χ3n) is 4.71. The summed E-state index contributed by atoms with van der Waals surface area (Å²) in [7, 11) is 0. The molecule has 2 N–H and O–H groups in total. The summed E-state index contributed by atoms with van der Waals surface area (Å²) >= 11 is 2.10. The van der Waals surface area contributed by atoms with Crippen LogP contribution in [0.1, 0.15) is 39.5 Å². The Bertz CT molecular complexity index is 256. The molecule has 2 heterocycles. The molecule has 2 unspecified atom stereocenters. The molecule has 2 aliphatic heterocycles. The maximum Gasteiger partial charge on any atom is 0.0599 e. The molecular weight excluding hydrogens is 244 g/mol. The van der Waals surface area contributed by atoms with E-state index >= 15 is 0 Å². The molecule has 2 fully saturated rings. The third-order valence-corrected chi connectivity index (χ3v) is 6.17. The van der Waals surface area contributed by atoms with Crippen LogP contribution in [0.4, 0.5) is 0 Å².